The molecule has 2 saturated carbocycles. The maximum Gasteiger partial charge on any atom is -0.0165 e. The smallest absolute Gasteiger partial charge is 0.0165 e. The van der Waals surface area contributed by atoms with Crippen LogP contribution in [0.5, 0.6) is 0 Å². The fraction of sp³-hybridized carbons (Fsp3) is 0.455. The monoisotopic (exact) mass is 354 g/mol. The van der Waals surface area contributed by atoms with Gasteiger partial charge in [-0.05, 0) is 59.4 Å². The maximum absolute atomic E-state index is 2.34. The van der Waals surface area contributed by atoms with E-state index in [1.807, 2.05) is 0 Å². The predicted octanol–water partition coefficient (Wildman–Crippen LogP) is 5.33. The van der Waals surface area contributed by atoms with Crippen LogP contribution in [0.1, 0.15) is 38.5 Å². The van der Waals surface area contributed by atoms with Crippen molar-refractivity contribution < 1.29 is 0 Å². The summed E-state index contributed by atoms with van der Waals surface area (Å²) in [4.78, 5) is 0. The lowest BCUT2D eigenvalue weighted by atomic mass is 9.89. The third kappa shape index (κ3) is 3.92. The highest BCUT2D eigenvalue weighted by molar-refractivity contribution is 7.48. The molecule has 2 fully saturated rings. The lowest BCUT2D eigenvalue weighted by molar-refractivity contribution is 0.359. The summed E-state index contributed by atoms with van der Waals surface area (Å²) in [5, 5.41) is 3.16. The zero-order valence-electron chi connectivity index (χ0n) is 14.3. The Balaban J connectivity index is 1.44. The summed E-state index contributed by atoms with van der Waals surface area (Å²) in [5.74, 6) is 1.99. The average molecular weight is 354 g/mol. The molecule has 0 N–H and O–H groups in total. The van der Waals surface area contributed by atoms with Crippen LogP contribution in [0.4, 0.5) is 0 Å². The summed E-state index contributed by atoms with van der Waals surface area (Å²) >= 11 is 0. The maximum atomic E-state index is 2.34. The van der Waals surface area contributed by atoms with Gasteiger partial charge in [-0.1, -0.05) is 90.7 Å². The van der Waals surface area contributed by atoms with Crippen molar-refractivity contribution in [2.24, 2.45) is 11.8 Å². The average Bonchev–Trinajstić information content (AvgIpc) is 3.26. The molecule has 0 saturated heterocycles. The third-order valence-electron chi connectivity index (χ3n) is 5.94. The largest absolute Gasteiger partial charge is 0.0869 e. The van der Waals surface area contributed by atoms with Crippen molar-refractivity contribution in [3.63, 3.8) is 0 Å². The molecule has 24 heavy (non-hydrogen) atoms. The van der Waals surface area contributed by atoms with Crippen LogP contribution in [0.15, 0.2) is 60.7 Å². The molecule has 6 atom stereocenters. The summed E-state index contributed by atoms with van der Waals surface area (Å²) in [7, 11) is 2.05. The van der Waals surface area contributed by atoms with Gasteiger partial charge in [-0.3, -0.25) is 0 Å². The molecule has 0 nitrogen and oxygen atoms in total. The second-order valence-corrected chi connectivity index (χ2v) is 10.6. The first-order chi connectivity index (χ1) is 11.9. The van der Waals surface area contributed by atoms with Crippen LogP contribution in [0.25, 0.3) is 0 Å². The molecule has 2 aromatic rings. The molecule has 2 aliphatic carbocycles. The molecule has 0 spiro atoms. The van der Waals surface area contributed by atoms with Crippen molar-refractivity contribution in [2.45, 2.75) is 49.8 Å². The molecule has 0 heterocycles. The molecular formula is C22H28P2. The topological polar surface area (TPSA) is 0 Å². The standard InChI is InChI=1S/C22H28P2/c1-3-9-17(10-4-1)23-21-15-7-13-19(21)20-14-8-16-22(20)24-18-11-5-2-6-12-18/h1-6,9-12,19-24H,7-8,13-16H2. The fourth-order valence-corrected chi connectivity index (χ4v) is 8.44. The summed E-state index contributed by atoms with van der Waals surface area (Å²) in [6, 6.07) is 22.5. The third-order valence-corrected chi connectivity index (χ3v) is 9.45. The minimum absolute atomic E-state index is 0.957. The van der Waals surface area contributed by atoms with Gasteiger partial charge in [0.05, 0.1) is 0 Å². The predicted molar refractivity (Wildman–Crippen MR) is 111 cm³/mol. The van der Waals surface area contributed by atoms with Crippen molar-refractivity contribution in [3.05, 3.63) is 60.7 Å². The fourth-order valence-electron chi connectivity index (χ4n) is 4.86. The second-order valence-electron chi connectivity index (χ2n) is 7.42. The SMILES string of the molecule is c1ccc(PC2CCCC2C2CCCC2Pc2ccccc2)cc1. The van der Waals surface area contributed by atoms with E-state index in [1.165, 1.54) is 38.5 Å². The van der Waals surface area contributed by atoms with Crippen LogP contribution in [-0.4, -0.2) is 11.3 Å². The Hall–Kier alpha value is -0.700. The Kier molecular flexibility index (Phi) is 5.67. The van der Waals surface area contributed by atoms with Gasteiger partial charge >= 0.3 is 0 Å². The van der Waals surface area contributed by atoms with E-state index in [0.717, 1.165) is 40.3 Å². The van der Waals surface area contributed by atoms with Gasteiger partial charge in [0.25, 0.3) is 0 Å². The number of hydrogen-bond acceptors (Lipinski definition) is 0. The van der Waals surface area contributed by atoms with Gasteiger partial charge in [0.2, 0.25) is 0 Å². The second kappa shape index (κ2) is 8.12. The van der Waals surface area contributed by atoms with E-state index in [-0.39, 0.29) is 0 Å². The summed E-state index contributed by atoms with van der Waals surface area (Å²) < 4.78 is 0. The normalized spacial score (nSPS) is 30.8. The quantitative estimate of drug-likeness (QED) is 0.637. The highest BCUT2D eigenvalue weighted by atomic mass is 31.1. The molecule has 2 aliphatic rings. The molecule has 2 heteroatoms. The van der Waals surface area contributed by atoms with Gasteiger partial charge in [-0.25, -0.2) is 0 Å². The van der Waals surface area contributed by atoms with Crippen LogP contribution < -0.4 is 10.6 Å². The highest BCUT2D eigenvalue weighted by Gasteiger charge is 2.39. The Morgan fingerprint density at radius 1 is 0.542 bits per heavy atom. The molecular weight excluding hydrogens is 326 g/mol. The minimum Gasteiger partial charge on any atom is -0.0869 e. The van der Waals surface area contributed by atoms with Crippen molar-refractivity contribution in [3.8, 4) is 0 Å². The van der Waals surface area contributed by atoms with E-state index in [2.05, 4.69) is 60.7 Å². The van der Waals surface area contributed by atoms with Gasteiger partial charge in [-0.2, -0.15) is 0 Å². The Morgan fingerprint density at radius 3 is 1.38 bits per heavy atom. The lowest BCUT2D eigenvalue weighted by Crippen LogP contribution is -2.26. The molecule has 0 radical (unpaired) electrons. The molecule has 0 amide bonds. The van der Waals surface area contributed by atoms with Crippen LogP contribution in [0, 0.1) is 11.8 Å². The first-order valence-electron chi connectivity index (χ1n) is 9.53. The number of hydrogen-bond donors (Lipinski definition) is 0. The van der Waals surface area contributed by atoms with Gasteiger partial charge in [0.1, 0.15) is 0 Å². The molecule has 4 rings (SSSR count). The summed E-state index contributed by atoms with van der Waals surface area (Å²) in [5.41, 5.74) is 1.91. The van der Waals surface area contributed by atoms with Gasteiger partial charge < -0.3 is 0 Å². The summed E-state index contributed by atoms with van der Waals surface area (Å²) in [6.45, 7) is 0. The molecule has 126 valence electrons. The first-order valence-corrected chi connectivity index (χ1v) is 11.7. The molecule has 6 unspecified atom stereocenters. The zero-order chi connectivity index (χ0) is 16.2. The van der Waals surface area contributed by atoms with E-state index >= 15 is 0 Å². The first kappa shape index (κ1) is 16.8. The van der Waals surface area contributed by atoms with Gasteiger partial charge in [0.15, 0.2) is 0 Å². The van der Waals surface area contributed by atoms with Crippen molar-refractivity contribution in [1.82, 2.24) is 0 Å². The Labute approximate surface area is 150 Å². The van der Waals surface area contributed by atoms with Crippen LogP contribution >= 0.6 is 17.2 Å². The van der Waals surface area contributed by atoms with E-state index < -0.39 is 0 Å². The van der Waals surface area contributed by atoms with E-state index in [1.54, 1.807) is 10.6 Å². The van der Waals surface area contributed by atoms with Crippen LogP contribution in [-0.2, 0) is 0 Å². The minimum atomic E-state index is 0.957. The Bertz CT molecular complexity index is 567. The molecule has 0 aromatic heterocycles. The van der Waals surface area contributed by atoms with Crippen LogP contribution in [0.3, 0.4) is 0 Å². The van der Waals surface area contributed by atoms with Crippen LogP contribution in [0.2, 0.25) is 0 Å². The van der Waals surface area contributed by atoms with E-state index in [4.69, 9.17) is 0 Å². The number of rotatable bonds is 5. The lowest BCUT2D eigenvalue weighted by Gasteiger charge is -2.30. The van der Waals surface area contributed by atoms with Crippen molar-refractivity contribution >= 4 is 27.8 Å². The molecule has 2 aromatic carbocycles. The van der Waals surface area contributed by atoms with Gasteiger partial charge in [0, 0.05) is 0 Å². The van der Waals surface area contributed by atoms with E-state index in [0.29, 0.717) is 0 Å². The van der Waals surface area contributed by atoms with Crippen molar-refractivity contribution in [1.29, 1.82) is 0 Å². The number of benzene rings is 2. The van der Waals surface area contributed by atoms with E-state index in [9.17, 15) is 0 Å². The van der Waals surface area contributed by atoms with Crippen molar-refractivity contribution in [2.75, 3.05) is 0 Å². The summed E-state index contributed by atoms with van der Waals surface area (Å²) in [6.07, 6.45) is 8.85. The van der Waals surface area contributed by atoms with Gasteiger partial charge in [-0.15, -0.1) is 0 Å². The zero-order valence-corrected chi connectivity index (χ0v) is 16.3. The Morgan fingerprint density at radius 2 is 0.958 bits per heavy atom. The molecule has 0 aliphatic heterocycles. The molecule has 0 bridgehead atoms. The highest BCUT2D eigenvalue weighted by Crippen LogP contribution is 2.51.